The maximum Gasteiger partial charge on any atom is 0.306 e. The molecule has 0 aromatic carbocycles. The summed E-state index contributed by atoms with van der Waals surface area (Å²) in [5.41, 5.74) is 0. The van der Waals surface area contributed by atoms with Crippen LogP contribution in [0.4, 0.5) is 0 Å². The number of hydrogen-bond acceptors (Lipinski definition) is 6. The van der Waals surface area contributed by atoms with Gasteiger partial charge in [0, 0.05) is 19.3 Å². The highest BCUT2D eigenvalue weighted by molar-refractivity contribution is 5.71. The van der Waals surface area contributed by atoms with Crippen LogP contribution in [0.2, 0.25) is 0 Å². The molecule has 6 heteroatoms. The lowest BCUT2D eigenvalue weighted by Gasteiger charge is -2.18. The summed E-state index contributed by atoms with van der Waals surface area (Å²) in [7, 11) is 0. The zero-order valence-electron chi connectivity index (χ0n) is 54.5. The molecule has 82 heavy (non-hydrogen) atoms. The van der Waals surface area contributed by atoms with Crippen molar-refractivity contribution in [3.8, 4) is 0 Å². The minimum atomic E-state index is -0.780. The van der Waals surface area contributed by atoms with Gasteiger partial charge in [-0.2, -0.15) is 0 Å². The van der Waals surface area contributed by atoms with Crippen molar-refractivity contribution in [2.24, 2.45) is 0 Å². The van der Waals surface area contributed by atoms with Crippen LogP contribution >= 0.6 is 0 Å². The Hall–Kier alpha value is -3.41. The quantitative estimate of drug-likeness (QED) is 0.0261. The highest BCUT2D eigenvalue weighted by Gasteiger charge is 2.19. The smallest absolute Gasteiger partial charge is 0.306 e. The zero-order valence-corrected chi connectivity index (χ0v) is 54.5. The van der Waals surface area contributed by atoms with Gasteiger partial charge in [-0.15, -0.1) is 0 Å². The van der Waals surface area contributed by atoms with Gasteiger partial charge >= 0.3 is 17.9 Å². The highest BCUT2D eigenvalue weighted by atomic mass is 16.6. The van der Waals surface area contributed by atoms with E-state index in [4.69, 9.17) is 14.2 Å². The average Bonchev–Trinajstić information content (AvgIpc) is 3.47. The van der Waals surface area contributed by atoms with Crippen LogP contribution in [0.25, 0.3) is 0 Å². The topological polar surface area (TPSA) is 78.9 Å². The van der Waals surface area contributed by atoms with E-state index >= 15 is 0 Å². The van der Waals surface area contributed by atoms with Crippen molar-refractivity contribution in [3.05, 3.63) is 85.1 Å². The number of carbonyl (C=O) groups excluding carboxylic acids is 3. The first kappa shape index (κ1) is 78.6. The van der Waals surface area contributed by atoms with E-state index in [0.29, 0.717) is 19.3 Å². The molecule has 6 nitrogen and oxygen atoms in total. The first-order valence-electron chi connectivity index (χ1n) is 35.6. The van der Waals surface area contributed by atoms with Gasteiger partial charge in [-0.3, -0.25) is 14.4 Å². The minimum Gasteiger partial charge on any atom is -0.462 e. The Morgan fingerprint density at radius 1 is 0.256 bits per heavy atom. The average molecular weight is 1140 g/mol. The van der Waals surface area contributed by atoms with Crippen molar-refractivity contribution in [1.82, 2.24) is 0 Å². The van der Waals surface area contributed by atoms with Crippen molar-refractivity contribution < 1.29 is 28.6 Å². The summed E-state index contributed by atoms with van der Waals surface area (Å²) in [5.74, 6) is -0.862. The molecule has 474 valence electrons. The Morgan fingerprint density at radius 3 is 0.768 bits per heavy atom. The fourth-order valence-corrected chi connectivity index (χ4v) is 10.3. The van der Waals surface area contributed by atoms with E-state index in [2.05, 4.69) is 106 Å². The Kier molecular flexibility index (Phi) is 67.2. The summed E-state index contributed by atoms with van der Waals surface area (Å²) in [6, 6.07) is 0. The molecule has 0 aliphatic carbocycles. The van der Waals surface area contributed by atoms with Gasteiger partial charge in [0.1, 0.15) is 13.2 Å². The predicted octanol–water partition coefficient (Wildman–Crippen LogP) is 24.6. The van der Waals surface area contributed by atoms with Crippen LogP contribution in [-0.2, 0) is 28.6 Å². The Bertz CT molecular complexity index is 1550. The molecule has 0 radical (unpaired) electrons. The number of hydrogen-bond donors (Lipinski definition) is 0. The number of carbonyl (C=O) groups is 3. The number of unbranched alkanes of at least 4 members (excludes halogenated alkanes) is 40. The van der Waals surface area contributed by atoms with Crippen molar-refractivity contribution in [3.63, 3.8) is 0 Å². The summed E-state index contributed by atoms with van der Waals surface area (Å²) in [6.07, 6.45) is 93.2. The summed E-state index contributed by atoms with van der Waals surface area (Å²) < 4.78 is 17.0. The van der Waals surface area contributed by atoms with Crippen LogP contribution in [0.5, 0.6) is 0 Å². The second-order valence-electron chi connectivity index (χ2n) is 23.8. The molecule has 0 rings (SSSR count). The van der Waals surface area contributed by atoms with E-state index < -0.39 is 6.10 Å². The van der Waals surface area contributed by atoms with Crippen LogP contribution < -0.4 is 0 Å². The van der Waals surface area contributed by atoms with Gasteiger partial charge in [0.05, 0.1) is 0 Å². The number of ether oxygens (including phenoxy) is 3. The molecular formula is C76H134O6. The predicted molar refractivity (Wildman–Crippen MR) is 358 cm³/mol. The third-order valence-electron chi connectivity index (χ3n) is 15.6. The largest absolute Gasteiger partial charge is 0.462 e. The number of allylic oxidation sites excluding steroid dienone is 14. The molecule has 0 heterocycles. The van der Waals surface area contributed by atoms with Gasteiger partial charge in [0.2, 0.25) is 0 Å². The highest BCUT2D eigenvalue weighted by Crippen LogP contribution is 2.18. The Balaban J connectivity index is 4.29. The molecule has 0 bridgehead atoms. The monoisotopic (exact) mass is 1140 g/mol. The van der Waals surface area contributed by atoms with Crippen LogP contribution in [0.3, 0.4) is 0 Å². The van der Waals surface area contributed by atoms with E-state index in [0.717, 1.165) is 103 Å². The lowest BCUT2D eigenvalue weighted by molar-refractivity contribution is -0.167. The lowest BCUT2D eigenvalue weighted by atomic mass is 10.0. The Labute approximate surface area is 509 Å². The van der Waals surface area contributed by atoms with Crippen LogP contribution in [0.15, 0.2) is 85.1 Å². The Morgan fingerprint density at radius 2 is 0.476 bits per heavy atom. The molecular weight excluding hydrogens is 1010 g/mol. The van der Waals surface area contributed by atoms with Gasteiger partial charge < -0.3 is 14.2 Å². The maximum absolute atomic E-state index is 13.0. The summed E-state index contributed by atoms with van der Waals surface area (Å²) in [5, 5.41) is 0. The standard InChI is InChI=1S/C76H134O6/c1-4-7-10-13-16-19-22-25-28-31-33-34-35-36-37-38-39-40-41-42-43-46-48-51-54-57-60-63-66-69-75(78)81-72-73(71-80-74(77)68-65-62-59-56-53-50-47-44-30-27-24-21-18-15-12-9-6-3)82-76(79)70-67-64-61-58-55-52-49-45-32-29-26-23-20-17-14-11-8-5-2/h7,10,16,18-19,21,25,27-28,30,33-34,36-37,73H,4-6,8-9,11-15,17,20,22-24,26,29,31-32,35,38-72H2,1-3H3/b10-7-,19-16-,21-18-,28-25-,30-27-,34-33-,37-36-. The van der Waals surface area contributed by atoms with Crippen LogP contribution in [0, 0.1) is 0 Å². The third-order valence-corrected chi connectivity index (χ3v) is 15.6. The van der Waals surface area contributed by atoms with Crippen molar-refractivity contribution in [1.29, 1.82) is 0 Å². The minimum absolute atomic E-state index is 0.0754. The van der Waals surface area contributed by atoms with Gasteiger partial charge in [0.25, 0.3) is 0 Å². The molecule has 0 fully saturated rings. The molecule has 0 saturated carbocycles. The molecule has 0 aliphatic rings. The van der Waals surface area contributed by atoms with Gasteiger partial charge in [0.15, 0.2) is 6.10 Å². The molecule has 0 aromatic heterocycles. The lowest BCUT2D eigenvalue weighted by Crippen LogP contribution is -2.30. The fourth-order valence-electron chi connectivity index (χ4n) is 10.3. The zero-order chi connectivity index (χ0) is 59.2. The summed E-state index contributed by atoms with van der Waals surface area (Å²) >= 11 is 0. The van der Waals surface area contributed by atoms with E-state index in [1.807, 2.05) is 0 Å². The summed E-state index contributed by atoms with van der Waals surface area (Å²) in [4.78, 5) is 38.5. The van der Waals surface area contributed by atoms with Crippen molar-refractivity contribution >= 4 is 17.9 Å². The fraction of sp³-hybridized carbons (Fsp3) is 0.776. The number of rotatable bonds is 65. The number of esters is 3. The van der Waals surface area contributed by atoms with Gasteiger partial charge in [-0.25, -0.2) is 0 Å². The molecule has 1 unspecified atom stereocenters. The molecule has 0 amide bonds. The first-order chi connectivity index (χ1) is 40.5. The van der Waals surface area contributed by atoms with E-state index in [9.17, 15) is 14.4 Å². The van der Waals surface area contributed by atoms with E-state index in [1.54, 1.807) is 0 Å². The van der Waals surface area contributed by atoms with Gasteiger partial charge in [-0.05, 0) is 96.3 Å². The molecule has 0 N–H and O–H groups in total. The molecule has 0 aliphatic heterocycles. The summed E-state index contributed by atoms with van der Waals surface area (Å²) in [6.45, 7) is 6.55. The second kappa shape index (κ2) is 70.1. The SMILES string of the molecule is CC/C=C\C/C=C\C/C=C\C/C=C\C/C=C\CCCCCCCCCCCCCCCC(=O)OCC(COC(=O)CCCCCCCCC/C=C\C/C=C\CCCCC)OC(=O)CCCCCCCCCCCCCCCCCCCC. The van der Waals surface area contributed by atoms with Crippen molar-refractivity contribution in [2.45, 2.75) is 367 Å². The normalized spacial score (nSPS) is 12.6. The van der Waals surface area contributed by atoms with Gasteiger partial charge in [-0.1, -0.05) is 331 Å². The molecule has 1 atom stereocenters. The first-order valence-corrected chi connectivity index (χ1v) is 35.6. The molecule has 0 saturated heterocycles. The van der Waals surface area contributed by atoms with Crippen LogP contribution in [-0.4, -0.2) is 37.2 Å². The maximum atomic E-state index is 13.0. The molecule has 0 aromatic rings. The van der Waals surface area contributed by atoms with Crippen LogP contribution in [0.1, 0.15) is 361 Å². The van der Waals surface area contributed by atoms with Crippen molar-refractivity contribution in [2.75, 3.05) is 13.2 Å². The second-order valence-corrected chi connectivity index (χ2v) is 23.8. The third kappa shape index (κ3) is 67.4. The van der Waals surface area contributed by atoms with E-state index in [1.165, 1.54) is 218 Å². The molecule has 0 spiro atoms. The van der Waals surface area contributed by atoms with E-state index in [-0.39, 0.29) is 31.1 Å².